The average molecular weight is 236 g/mol. The van der Waals surface area contributed by atoms with Gasteiger partial charge >= 0.3 is 0 Å². The molecule has 0 unspecified atom stereocenters. The minimum absolute atomic E-state index is 0.590. The number of thiophene rings is 1. The van der Waals surface area contributed by atoms with Gasteiger partial charge < -0.3 is 10.5 Å². The van der Waals surface area contributed by atoms with Gasteiger partial charge in [0.25, 0.3) is 0 Å². The van der Waals surface area contributed by atoms with Gasteiger partial charge in [-0.3, -0.25) is 0 Å². The topological polar surface area (TPSA) is 35.2 Å². The quantitative estimate of drug-likeness (QED) is 0.811. The van der Waals surface area contributed by atoms with E-state index >= 15 is 0 Å². The summed E-state index contributed by atoms with van der Waals surface area (Å²) in [5.74, 6) is 0. The maximum Gasteiger partial charge on any atom is 0.0810 e. The van der Waals surface area contributed by atoms with Crippen molar-refractivity contribution < 1.29 is 4.74 Å². The van der Waals surface area contributed by atoms with Crippen LogP contribution in [0.2, 0.25) is 0 Å². The summed E-state index contributed by atoms with van der Waals surface area (Å²) >= 11 is 5.07. The lowest BCUT2D eigenvalue weighted by Gasteiger charge is -1.97. The summed E-state index contributed by atoms with van der Waals surface area (Å²) in [5, 5.41) is 0. The monoisotopic (exact) mass is 235 g/mol. The fourth-order valence-electron chi connectivity index (χ4n) is 0.685. The molecule has 0 amide bonds. The van der Waals surface area contributed by atoms with Crippen molar-refractivity contribution in [3.63, 3.8) is 0 Å². The van der Waals surface area contributed by atoms with Crippen molar-refractivity contribution in [2.24, 2.45) is 5.73 Å². The second-order valence-electron chi connectivity index (χ2n) is 2.05. The highest BCUT2D eigenvalue weighted by atomic mass is 79.9. The number of halogens is 1. The summed E-state index contributed by atoms with van der Waals surface area (Å²) < 4.78 is 6.39. The Kier molecular flexibility index (Phi) is 4.07. The molecule has 0 aliphatic heterocycles. The summed E-state index contributed by atoms with van der Waals surface area (Å²) in [5.41, 5.74) is 5.27. The van der Waals surface area contributed by atoms with Crippen LogP contribution in [0.1, 0.15) is 4.88 Å². The maximum absolute atomic E-state index is 5.27. The number of hydrogen-bond donors (Lipinski definition) is 1. The van der Waals surface area contributed by atoms with Crippen molar-refractivity contribution in [3.05, 3.63) is 20.8 Å². The van der Waals surface area contributed by atoms with E-state index in [1.54, 1.807) is 11.3 Å². The Hall–Kier alpha value is 0.1000. The molecule has 0 aromatic carbocycles. The minimum Gasteiger partial charge on any atom is -0.375 e. The van der Waals surface area contributed by atoms with E-state index in [2.05, 4.69) is 15.9 Å². The highest BCUT2D eigenvalue weighted by Crippen LogP contribution is 2.22. The molecule has 11 heavy (non-hydrogen) atoms. The molecule has 0 saturated heterocycles. The zero-order valence-corrected chi connectivity index (χ0v) is 8.45. The first kappa shape index (κ1) is 9.19. The molecule has 0 aliphatic carbocycles. The van der Waals surface area contributed by atoms with Crippen LogP contribution in [0.5, 0.6) is 0 Å². The lowest BCUT2D eigenvalue weighted by Crippen LogP contribution is -2.07. The van der Waals surface area contributed by atoms with E-state index in [-0.39, 0.29) is 0 Å². The summed E-state index contributed by atoms with van der Waals surface area (Å²) in [6, 6.07) is 4.07. The van der Waals surface area contributed by atoms with E-state index in [4.69, 9.17) is 10.5 Å². The van der Waals surface area contributed by atoms with Gasteiger partial charge in [0.15, 0.2) is 0 Å². The smallest absolute Gasteiger partial charge is 0.0810 e. The standard InChI is InChI=1S/C7H10BrNOS/c8-7-2-1-6(11-7)5-10-4-3-9/h1-2H,3-5,9H2. The van der Waals surface area contributed by atoms with Gasteiger partial charge in [0.1, 0.15) is 0 Å². The van der Waals surface area contributed by atoms with Gasteiger partial charge in [0.05, 0.1) is 17.0 Å². The number of hydrogen-bond acceptors (Lipinski definition) is 3. The Morgan fingerprint density at radius 1 is 1.55 bits per heavy atom. The van der Waals surface area contributed by atoms with Gasteiger partial charge in [-0.05, 0) is 28.1 Å². The van der Waals surface area contributed by atoms with Crippen molar-refractivity contribution in [1.29, 1.82) is 0 Å². The normalized spacial score (nSPS) is 10.4. The van der Waals surface area contributed by atoms with Crippen LogP contribution in [0.4, 0.5) is 0 Å². The van der Waals surface area contributed by atoms with Crippen molar-refractivity contribution in [3.8, 4) is 0 Å². The van der Waals surface area contributed by atoms with Crippen LogP contribution in [0.15, 0.2) is 15.9 Å². The molecule has 0 bridgehead atoms. The molecule has 4 heteroatoms. The molecule has 0 atom stereocenters. The molecule has 0 saturated carbocycles. The highest BCUT2D eigenvalue weighted by Gasteiger charge is 1.95. The van der Waals surface area contributed by atoms with E-state index in [1.807, 2.05) is 12.1 Å². The largest absolute Gasteiger partial charge is 0.375 e. The van der Waals surface area contributed by atoms with Crippen LogP contribution in [0.3, 0.4) is 0 Å². The van der Waals surface area contributed by atoms with Gasteiger partial charge in [0, 0.05) is 11.4 Å². The third-order valence-electron chi connectivity index (χ3n) is 1.14. The first-order chi connectivity index (χ1) is 5.33. The lowest BCUT2D eigenvalue weighted by molar-refractivity contribution is 0.130. The molecule has 0 radical (unpaired) electrons. The van der Waals surface area contributed by atoms with Crippen LogP contribution < -0.4 is 5.73 Å². The number of rotatable bonds is 4. The molecule has 2 nitrogen and oxygen atoms in total. The van der Waals surface area contributed by atoms with Crippen LogP contribution >= 0.6 is 27.3 Å². The molecule has 1 aromatic rings. The molecular formula is C7H10BrNOS. The van der Waals surface area contributed by atoms with Gasteiger partial charge in [-0.15, -0.1) is 11.3 Å². The molecule has 62 valence electrons. The van der Waals surface area contributed by atoms with E-state index < -0.39 is 0 Å². The van der Waals surface area contributed by atoms with Crippen LogP contribution in [0, 0.1) is 0 Å². The molecule has 2 N–H and O–H groups in total. The predicted molar refractivity (Wildman–Crippen MR) is 50.7 cm³/mol. The number of nitrogens with two attached hydrogens (primary N) is 1. The van der Waals surface area contributed by atoms with E-state index in [1.165, 1.54) is 4.88 Å². The Labute approximate surface area is 78.5 Å². The van der Waals surface area contributed by atoms with Gasteiger partial charge in [-0.25, -0.2) is 0 Å². The Morgan fingerprint density at radius 2 is 2.36 bits per heavy atom. The van der Waals surface area contributed by atoms with E-state index in [0.717, 1.165) is 3.79 Å². The molecular weight excluding hydrogens is 226 g/mol. The maximum atomic E-state index is 5.27. The first-order valence-electron chi connectivity index (χ1n) is 3.35. The molecule has 0 fully saturated rings. The Morgan fingerprint density at radius 3 is 2.91 bits per heavy atom. The predicted octanol–water partition coefficient (Wildman–Crippen LogP) is 1.99. The van der Waals surface area contributed by atoms with Crippen LogP contribution in [0.25, 0.3) is 0 Å². The van der Waals surface area contributed by atoms with Gasteiger partial charge in [-0.2, -0.15) is 0 Å². The van der Waals surface area contributed by atoms with Crippen LogP contribution in [-0.4, -0.2) is 13.2 Å². The molecule has 1 rings (SSSR count). The molecule has 0 spiro atoms. The van der Waals surface area contributed by atoms with E-state index in [9.17, 15) is 0 Å². The fourth-order valence-corrected chi connectivity index (χ4v) is 2.11. The Balaban J connectivity index is 2.27. The lowest BCUT2D eigenvalue weighted by atomic mass is 10.5. The van der Waals surface area contributed by atoms with Crippen molar-refractivity contribution in [1.82, 2.24) is 0 Å². The average Bonchev–Trinajstić information content (AvgIpc) is 2.37. The third kappa shape index (κ3) is 3.33. The third-order valence-corrected chi connectivity index (χ3v) is 2.73. The second-order valence-corrected chi connectivity index (χ2v) is 4.59. The minimum atomic E-state index is 0.590. The van der Waals surface area contributed by atoms with Crippen molar-refractivity contribution in [2.75, 3.05) is 13.2 Å². The van der Waals surface area contributed by atoms with Crippen LogP contribution in [-0.2, 0) is 11.3 Å². The highest BCUT2D eigenvalue weighted by molar-refractivity contribution is 9.11. The summed E-state index contributed by atoms with van der Waals surface area (Å²) in [7, 11) is 0. The second kappa shape index (κ2) is 4.87. The molecule has 1 aromatic heterocycles. The van der Waals surface area contributed by atoms with Gasteiger partial charge in [0.2, 0.25) is 0 Å². The van der Waals surface area contributed by atoms with Gasteiger partial charge in [-0.1, -0.05) is 0 Å². The van der Waals surface area contributed by atoms with Crippen molar-refractivity contribution >= 4 is 27.3 Å². The molecule has 1 heterocycles. The van der Waals surface area contributed by atoms with E-state index in [0.29, 0.717) is 19.8 Å². The summed E-state index contributed by atoms with van der Waals surface area (Å²) in [4.78, 5) is 1.23. The number of ether oxygens (including phenoxy) is 1. The molecule has 0 aliphatic rings. The zero-order valence-electron chi connectivity index (χ0n) is 6.05. The van der Waals surface area contributed by atoms with Crippen molar-refractivity contribution in [2.45, 2.75) is 6.61 Å². The Bertz CT molecular complexity index is 214. The first-order valence-corrected chi connectivity index (χ1v) is 4.96. The summed E-state index contributed by atoms with van der Waals surface area (Å²) in [6.45, 7) is 1.90. The summed E-state index contributed by atoms with van der Waals surface area (Å²) in [6.07, 6.45) is 0. The zero-order chi connectivity index (χ0) is 8.10. The fraction of sp³-hybridized carbons (Fsp3) is 0.429. The SMILES string of the molecule is NCCOCc1ccc(Br)s1.